The maximum atomic E-state index is 11.6. The molecular formula is C15H13NO4. The number of fused-ring (bicyclic) bond motifs is 3. The van der Waals surface area contributed by atoms with Crippen LogP contribution >= 0.6 is 0 Å². The summed E-state index contributed by atoms with van der Waals surface area (Å²) in [7, 11) is 3.05. The van der Waals surface area contributed by atoms with E-state index >= 15 is 0 Å². The first-order valence-corrected chi connectivity index (χ1v) is 6.03. The molecule has 1 aromatic heterocycles. The zero-order chi connectivity index (χ0) is 14.3. The average Bonchev–Trinajstić information content (AvgIpc) is 2.47. The third-order valence-corrected chi connectivity index (χ3v) is 3.26. The normalized spacial score (nSPS) is 10.9. The highest BCUT2D eigenvalue weighted by Gasteiger charge is 2.18. The SMILES string of the molecule is COc1c(OC)c2oc(=O)c(N)cc2c2ccccc12. The Labute approximate surface area is 114 Å². The number of hydrogen-bond acceptors (Lipinski definition) is 5. The van der Waals surface area contributed by atoms with Crippen molar-refractivity contribution in [1.29, 1.82) is 0 Å². The first-order chi connectivity index (χ1) is 9.67. The second-order valence-corrected chi connectivity index (χ2v) is 4.34. The maximum absolute atomic E-state index is 11.6. The van der Waals surface area contributed by atoms with Crippen LogP contribution in [0.3, 0.4) is 0 Å². The molecule has 5 heteroatoms. The van der Waals surface area contributed by atoms with E-state index in [9.17, 15) is 4.79 Å². The highest BCUT2D eigenvalue weighted by Crippen LogP contribution is 2.43. The lowest BCUT2D eigenvalue weighted by Gasteiger charge is -2.13. The Kier molecular flexibility index (Phi) is 2.75. The van der Waals surface area contributed by atoms with E-state index in [4.69, 9.17) is 19.6 Å². The smallest absolute Gasteiger partial charge is 0.359 e. The Balaban J connectivity index is 2.65. The quantitative estimate of drug-likeness (QED) is 0.572. The molecule has 0 saturated heterocycles. The molecule has 0 saturated carbocycles. The third kappa shape index (κ3) is 1.60. The lowest BCUT2D eigenvalue weighted by molar-refractivity contribution is 0.355. The van der Waals surface area contributed by atoms with Gasteiger partial charge in [-0.05, 0) is 11.5 Å². The predicted molar refractivity (Wildman–Crippen MR) is 77.5 cm³/mol. The molecule has 0 atom stereocenters. The lowest BCUT2D eigenvalue weighted by Crippen LogP contribution is -2.06. The summed E-state index contributed by atoms with van der Waals surface area (Å²) in [5.74, 6) is 0.918. The molecule has 2 aromatic carbocycles. The second kappa shape index (κ2) is 4.45. The van der Waals surface area contributed by atoms with Crippen molar-refractivity contribution in [3.05, 3.63) is 40.8 Å². The van der Waals surface area contributed by atoms with Crippen LogP contribution in [0, 0.1) is 0 Å². The largest absolute Gasteiger partial charge is 0.492 e. The first kappa shape index (κ1) is 12.3. The number of ether oxygens (including phenoxy) is 2. The van der Waals surface area contributed by atoms with Crippen LogP contribution in [0.4, 0.5) is 5.69 Å². The molecule has 0 fully saturated rings. The van der Waals surface area contributed by atoms with Crippen molar-refractivity contribution >= 4 is 27.4 Å². The van der Waals surface area contributed by atoms with Gasteiger partial charge in [-0.15, -0.1) is 0 Å². The molecule has 20 heavy (non-hydrogen) atoms. The average molecular weight is 271 g/mol. The van der Waals surface area contributed by atoms with Crippen LogP contribution in [-0.2, 0) is 0 Å². The molecule has 0 aliphatic carbocycles. The van der Waals surface area contributed by atoms with E-state index in [0.717, 1.165) is 16.2 Å². The molecule has 0 aliphatic heterocycles. The summed E-state index contributed by atoms with van der Waals surface area (Å²) in [4.78, 5) is 11.6. The summed E-state index contributed by atoms with van der Waals surface area (Å²) in [5.41, 5.74) is 5.47. The van der Waals surface area contributed by atoms with Crippen LogP contribution in [-0.4, -0.2) is 14.2 Å². The predicted octanol–water partition coefficient (Wildman–Crippen LogP) is 2.55. The van der Waals surface area contributed by atoms with Gasteiger partial charge < -0.3 is 19.6 Å². The number of nitrogen functional groups attached to an aromatic ring is 1. The van der Waals surface area contributed by atoms with Gasteiger partial charge in [0.25, 0.3) is 0 Å². The molecule has 0 unspecified atom stereocenters. The maximum Gasteiger partial charge on any atom is 0.359 e. The number of anilines is 1. The van der Waals surface area contributed by atoms with Gasteiger partial charge in [0, 0.05) is 10.8 Å². The Morgan fingerprint density at radius 1 is 1.00 bits per heavy atom. The minimum absolute atomic E-state index is 0.0647. The summed E-state index contributed by atoms with van der Waals surface area (Å²) in [5, 5.41) is 2.47. The highest BCUT2D eigenvalue weighted by atomic mass is 16.5. The number of nitrogens with two attached hydrogens (primary N) is 1. The van der Waals surface area contributed by atoms with Crippen LogP contribution < -0.4 is 20.8 Å². The number of hydrogen-bond donors (Lipinski definition) is 1. The molecule has 0 amide bonds. The molecule has 0 bridgehead atoms. The third-order valence-electron chi connectivity index (χ3n) is 3.26. The van der Waals surface area contributed by atoms with Crippen LogP contribution in [0.5, 0.6) is 11.5 Å². The molecule has 2 N–H and O–H groups in total. The van der Waals surface area contributed by atoms with Gasteiger partial charge in [-0.1, -0.05) is 24.3 Å². The van der Waals surface area contributed by atoms with Crippen LogP contribution in [0.15, 0.2) is 39.5 Å². The number of methoxy groups -OCH3 is 2. The molecule has 3 aromatic rings. The van der Waals surface area contributed by atoms with Crippen molar-refractivity contribution in [2.75, 3.05) is 20.0 Å². The van der Waals surface area contributed by atoms with Crippen molar-refractivity contribution in [3.8, 4) is 11.5 Å². The van der Waals surface area contributed by atoms with E-state index in [1.165, 1.54) is 7.11 Å². The van der Waals surface area contributed by atoms with Crippen LogP contribution in [0.1, 0.15) is 0 Å². The zero-order valence-electron chi connectivity index (χ0n) is 11.1. The fourth-order valence-corrected chi connectivity index (χ4v) is 2.38. The van der Waals surface area contributed by atoms with Crippen molar-refractivity contribution in [2.45, 2.75) is 0 Å². The van der Waals surface area contributed by atoms with Gasteiger partial charge in [0.1, 0.15) is 5.69 Å². The van der Waals surface area contributed by atoms with Crippen molar-refractivity contribution in [1.82, 2.24) is 0 Å². The standard InChI is InChI=1S/C15H13NO4/c1-18-12-9-6-4-3-5-8(9)10-7-11(16)15(17)20-13(10)14(12)19-2/h3-7H,16H2,1-2H3. The van der Waals surface area contributed by atoms with Crippen molar-refractivity contribution in [3.63, 3.8) is 0 Å². The van der Waals surface area contributed by atoms with E-state index in [0.29, 0.717) is 17.1 Å². The van der Waals surface area contributed by atoms with E-state index in [1.807, 2.05) is 24.3 Å². The van der Waals surface area contributed by atoms with Crippen LogP contribution in [0.25, 0.3) is 21.7 Å². The summed E-state index contributed by atoms with van der Waals surface area (Å²) < 4.78 is 16.0. The van der Waals surface area contributed by atoms with Gasteiger partial charge in [-0.25, -0.2) is 4.79 Å². The molecule has 5 nitrogen and oxygen atoms in total. The van der Waals surface area contributed by atoms with E-state index < -0.39 is 5.63 Å². The van der Waals surface area contributed by atoms with E-state index in [-0.39, 0.29) is 5.69 Å². The number of rotatable bonds is 2. The summed E-state index contributed by atoms with van der Waals surface area (Å²) in [6.45, 7) is 0. The minimum Gasteiger partial charge on any atom is -0.492 e. The van der Waals surface area contributed by atoms with Crippen LogP contribution in [0.2, 0.25) is 0 Å². The molecule has 1 heterocycles. The Bertz CT molecular complexity index is 867. The lowest BCUT2D eigenvalue weighted by atomic mass is 10.0. The fraction of sp³-hybridized carbons (Fsp3) is 0.133. The van der Waals surface area contributed by atoms with Gasteiger partial charge >= 0.3 is 5.63 Å². The summed E-state index contributed by atoms with van der Waals surface area (Å²) in [6, 6.07) is 9.23. The molecule has 0 aliphatic rings. The van der Waals surface area contributed by atoms with Crippen molar-refractivity contribution < 1.29 is 13.9 Å². The van der Waals surface area contributed by atoms with E-state index in [2.05, 4.69) is 0 Å². The topological polar surface area (TPSA) is 74.7 Å². The Morgan fingerprint density at radius 2 is 1.65 bits per heavy atom. The van der Waals surface area contributed by atoms with Gasteiger partial charge in [0.15, 0.2) is 11.3 Å². The molecule has 0 spiro atoms. The monoisotopic (exact) mass is 271 g/mol. The molecule has 3 rings (SSSR count). The zero-order valence-corrected chi connectivity index (χ0v) is 11.1. The summed E-state index contributed by atoms with van der Waals surface area (Å²) >= 11 is 0. The van der Waals surface area contributed by atoms with Gasteiger partial charge in [0.2, 0.25) is 5.75 Å². The first-order valence-electron chi connectivity index (χ1n) is 6.03. The van der Waals surface area contributed by atoms with Crippen molar-refractivity contribution in [2.24, 2.45) is 0 Å². The highest BCUT2D eigenvalue weighted by molar-refractivity contribution is 6.12. The second-order valence-electron chi connectivity index (χ2n) is 4.34. The minimum atomic E-state index is -0.590. The summed E-state index contributed by atoms with van der Waals surface area (Å²) in [6.07, 6.45) is 0. The Hall–Kier alpha value is -2.69. The Morgan fingerprint density at radius 3 is 2.30 bits per heavy atom. The molecule has 0 radical (unpaired) electrons. The van der Waals surface area contributed by atoms with E-state index in [1.54, 1.807) is 13.2 Å². The van der Waals surface area contributed by atoms with Gasteiger partial charge in [0.05, 0.1) is 14.2 Å². The molecule has 102 valence electrons. The number of benzene rings is 2. The molecular weight excluding hydrogens is 258 g/mol. The fourth-order valence-electron chi connectivity index (χ4n) is 2.38. The van der Waals surface area contributed by atoms with Gasteiger partial charge in [-0.2, -0.15) is 0 Å². The van der Waals surface area contributed by atoms with Gasteiger partial charge in [-0.3, -0.25) is 0 Å².